The summed E-state index contributed by atoms with van der Waals surface area (Å²) in [5.74, 6) is 1.97. The fraction of sp³-hybridized carbons (Fsp3) is 0.621. The molecule has 2 aromatic rings. The van der Waals surface area contributed by atoms with E-state index < -0.39 is 0 Å². The third kappa shape index (κ3) is 7.56. The molecule has 0 amide bonds. The van der Waals surface area contributed by atoms with Crippen LogP contribution >= 0.6 is 0 Å². The van der Waals surface area contributed by atoms with Gasteiger partial charge in [0, 0.05) is 11.8 Å². The molecule has 1 aromatic heterocycles. The molecule has 1 nitrogen and oxygen atoms in total. The Bertz CT molecular complexity index is 692. The van der Waals surface area contributed by atoms with Gasteiger partial charge in [0.2, 0.25) is 0 Å². The molecule has 0 spiro atoms. The number of aromatic nitrogens is 1. The van der Waals surface area contributed by atoms with Gasteiger partial charge in [-0.15, -0.1) is 0 Å². The van der Waals surface area contributed by atoms with Crippen molar-refractivity contribution in [1.82, 2.24) is 4.98 Å². The van der Waals surface area contributed by atoms with E-state index >= 15 is 0 Å². The van der Waals surface area contributed by atoms with Crippen LogP contribution in [0.15, 0.2) is 42.6 Å². The van der Waals surface area contributed by atoms with E-state index in [4.69, 9.17) is 4.98 Å². The number of aryl methyl sites for hydroxylation is 2. The molecule has 1 heterocycles. The Morgan fingerprint density at radius 1 is 0.667 bits per heavy atom. The first-order valence-corrected chi connectivity index (χ1v) is 12.8. The molecule has 0 aliphatic heterocycles. The Labute approximate surface area is 185 Å². The summed E-state index contributed by atoms with van der Waals surface area (Å²) in [6, 6.07) is 13.6. The summed E-state index contributed by atoms with van der Waals surface area (Å²) in [7, 11) is 0. The molecule has 1 saturated carbocycles. The normalized spacial score (nSPS) is 19.1. The first-order valence-electron chi connectivity index (χ1n) is 12.8. The second kappa shape index (κ2) is 12.9. The number of nitrogens with zero attached hydrogens (tertiary/aromatic N) is 1. The lowest BCUT2D eigenvalue weighted by Crippen LogP contribution is -2.15. The molecule has 164 valence electrons. The van der Waals surface area contributed by atoms with E-state index in [-0.39, 0.29) is 0 Å². The van der Waals surface area contributed by atoms with Gasteiger partial charge in [-0.05, 0) is 54.7 Å². The summed E-state index contributed by atoms with van der Waals surface area (Å²) >= 11 is 0. The molecular formula is C29H43N. The molecule has 0 atom stereocenters. The van der Waals surface area contributed by atoms with Crippen molar-refractivity contribution >= 4 is 0 Å². The number of hydrogen-bond donors (Lipinski definition) is 0. The van der Waals surface area contributed by atoms with E-state index in [1.807, 2.05) is 0 Å². The van der Waals surface area contributed by atoms with Gasteiger partial charge >= 0.3 is 0 Å². The number of hydrogen-bond acceptors (Lipinski definition) is 1. The lowest BCUT2D eigenvalue weighted by molar-refractivity contribution is 0.252. The standard InChI is InChI=1S/C29H43N/c1-3-5-6-7-8-10-27-19-22-29(30-23-27)28-20-17-26(18-21-28)16-15-25-13-11-24(9-4-2)12-14-25/h17-25H,3-16H2,1-2H3/t24-,25-. The van der Waals surface area contributed by atoms with Crippen molar-refractivity contribution in [3.05, 3.63) is 53.7 Å². The van der Waals surface area contributed by atoms with E-state index in [9.17, 15) is 0 Å². The number of rotatable bonds is 12. The van der Waals surface area contributed by atoms with Crippen molar-refractivity contribution in [3.8, 4) is 11.3 Å². The van der Waals surface area contributed by atoms with Crippen LogP contribution in [0.25, 0.3) is 11.3 Å². The van der Waals surface area contributed by atoms with Gasteiger partial charge in [0.25, 0.3) is 0 Å². The Morgan fingerprint density at radius 3 is 1.97 bits per heavy atom. The van der Waals surface area contributed by atoms with Crippen molar-refractivity contribution in [3.63, 3.8) is 0 Å². The molecule has 30 heavy (non-hydrogen) atoms. The van der Waals surface area contributed by atoms with Gasteiger partial charge in [-0.1, -0.05) is 108 Å². The van der Waals surface area contributed by atoms with Gasteiger partial charge in [-0.25, -0.2) is 0 Å². The quantitative estimate of drug-likeness (QED) is 0.321. The highest BCUT2D eigenvalue weighted by atomic mass is 14.7. The monoisotopic (exact) mass is 405 g/mol. The van der Waals surface area contributed by atoms with Crippen molar-refractivity contribution in [2.24, 2.45) is 11.8 Å². The summed E-state index contributed by atoms with van der Waals surface area (Å²) in [6.45, 7) is 4.60. The second-order valence-corrected chi connectivity index (χ2v) is 9.63. The van der Waals surface area contributed by atoms with Crippen LogP contribution in [0.5, 0.6) is 0 Å². The predicted octanol–water partition coefficient (Wildman–Crippen LogP) is 8.80. The number of unbranched alkanes of at least 4 members (excludes halogenated alkanes) is 4. The van der Waals surface area contributed by atoms with E-state index in [2.05, 4.69) is 56.4 Å². The number of benzene rings is 1. The average molecular weight is 406 g/mol. The van der Waals surface area contributed by atoms with Crippen molar-refractivity contribution in [2.45, 2.75) is 104 Å². The maximum absolute atomic E-state index is 4.74. The topological polar surface area (TPSA) is 12.9 Å². The summed E-state index contributed by atoms with van der Waals surface area (Å²) in [6.07, 6.45) is 21.2. The van der Waals surface area contributed by atoms with Gasteiger partial charge in [0.15, 0.2) is 0 Å². The van der Waals surface area contributed by atoms with Crippen LogP contribution < -0.4 is 0 Å². The van der Waals surface area contributed by atoms with Crippen LogP contribution in [-0.4, -0.2) is 4.98 Å². The summed E-state index contributed by atoms with van der Waals surface area (Å²) in [5, 5.41) is 0. The van der Waals surface area contributed by atoms with E-state index in [0.717, 1.165) is 24.0 Å². The summed E-state index contributed by atoms with van der Waals surface area (Å²) < 4.78 is 0. The zero-order chi connectivity index (χ0) is 21.0. The highest BCUT2D eigenvalue weighted by Gasteiger charge is 2.20. The predicted molar refractivity (Wildman–Crippen MR) is 131 cm³/mol. The molecule has 1 aliphatic carbocycles. The second-order valence-electron chi connectivity index (χ2n) is 9.63. The summed E-state index contributed by atoms with van der Waals surface area (Å²) in [5.41, 5.74) is 5.21. The highest BCUT2D eigenvalue weighted by Crippen LogP contribution is 2.34. The zero-order valence-electron chi connectivity index (χ0n) is 19.5. The van der Waals surface area contributed by atoms with E-state index in [1.54, 1.807) is 0 Å². The molecule has 0 N–H and O–H groups in total. The van der Waals surface area contributed by atoms with Crippen LogP contribution in [0.2, 0.25) is 0 Å². The van der Waals surface area contributed by atoms with Gasteiger partial charge in [-0.2, -0.15) is 0 Å². The van der Waals surface area contributed by atoms with Crippen LogP contribution in [0, 0.1) is 11.8 Å². The molecule has 0 radical (unpaired) electrons. The van der Waals surface area contributed by atoms with E-state index in [1.165, 1.54) is 100 Å². The van der Waals surface area contributed by atoms with Crippen LogP contribution in [0.1, 0.15) is 102 Å². The van der Waals surface area contributed by atoms with Gasteiger partial charge < -0.3 is 0 Å². The molecule has 3 rings (SSSR count). The molecule has 1 aromatic carbocycles. The van der Waals surface area contributed by atoms with Crippen LogP contribution in [-0.2, 0) is 12.8 Å². The molecule has 1 fully saturated rings. The smallest absolute Gasteiger partial charge is 0.0702 e. The minimum absolute atomic E-state index is 0.953. The fourth-order valence-corrected chi connectivity index (χ4v) is 5.11. The van der Waals surface area contributed by atoms with Crippen molar-refractivity contribution in [1.29, 1.82) is 0 Å². The molecular weight excluding hydrogens is 362 g/mol. The largest absolute Gasteiger partial charge is 0.256 e. The van der Waals surface area contributed by atoms with Gasteiger partial charge in [0.1, 0.15) is 0 Å². The zero-order valence-corrected chi connectivity index (χ0v) is 19.5. The molecule has 1 heteroatoms. The van der Waals surface area contributed by atoms with Crippen LogP contribution in [0.3, 0.4) is 0 Å². The first kappa shape index (κ1) is 23.0. The van der Waals surface area contributed by atoms with Crippen molar-refractivity contribution < 1.29 is 0 Å². The lowest BCUT2D eigenvalue weighted by atomic mass is 9.78. The average Bonchev–Trinajstić information content (AvgIpc) is 2.79. The third-order valence-electron chi connectivity index (χ3n) is 7.15. The Morgan fingerprint density at radius 2 is 1.33 bits per heavy atom. The molecule has 0 unspecified atom stereocenters. The van der Waals surface area contributed by atoms with Crippen LogP contribution in [0.4, 0.5) is 0 Å². The first-order chi connectivity index (χ1) is 14.8. The lowest BCUT2D eigenvalue weighted by Gasteiger charge is -2.28. The Kier molecular flexibility index (Phi) is 9.93. The SMILES string of the molecule is CCCCCCCc1ccc(-c2ccc(CC[C@H]3CC[C@H](CCC)CC3)cc2)nc1. The molecule has 0 bridgehead atoms. The maximum Gasteiger partial charge on any atom is 0.0702 e. The minimum Gasteiger partial charge on any atom is -0.256 e. The molecule has 0 saturated heterocycles. The van der Waals surface area contributed by atoms with Gasteiger partial charge in [-0.3, -0.25) is 4.98 Å². The fourth-order valence-electron chi connectivity index (χ4n) is 5.11. The Hall–Kier alpha value is -1.63. The van der Waals surface area contributed by atoms with Gasteiger partial charge in [0.05, 0.1) is 5.69 Å². The number of pyridine rings is 1. The molecule has 1 aliphatic rings. The Balaban J connectivity index is 1.42. The third-order valence-corrected chi connectivity index (χ3v) is 7.15. The minimum atomic E-state index is 0.953. The maximum atomic E-state index is 4.74. The van der Waals surface area contributed by atoms with Crippen molar-refractivity contribution in [2.75, 3.05) is 0 Å². The highest BCUT2D eigenvalue weighted by molar-refractivity contribution is 5.59. The summed E-state index contributed by atoms with van der Waals surface area (Å²) in [4.78, 5) is 4.74. The van der Waals surface area contributed by atoms with E-state index in [0.29, 0.717) is 0 Å².